The van der Waals surface area contributed by atoms with Crippen LogP contribution in [0, 0.1) is 0 Å². The Bertz CT molecular complexity index is 3070. The first kappa shape index (κ1) is 32.9. The molecule has 0 fully saturated rings. The third-order valence-electron chi connectivity index (χ3n) is 11.9. The number of benzene rings is 6. The highest BCUT2D eigenvalue weighted by Crippen LogP contribution is 2.48. The summed E-state index contributed by atoms with van der Waals surface area (Å²) in [6, 6.07) is 29.9. The van der Waals surface area contributed by atoms with E-state index in [0.717, 1.165) is 49.8 Å². The van der Waals surface area contributed by atoms with E-state index < -0.39 is 11.5 Å². The van der Waals surface area contributed by atoms with Crippen LogP contribution in [0.4, 0.5) is 0 Å². The third kappa shape index (κ3) is 6.60. The maximum atomic E-state index is 9.26. The van der Waals surface area contributed by atoms with E-state index in [2.05, 4.69) is 179 Å². The number of aromatic nitrogens is 2. The van der Waals surface area contributed by atoms with Gasteiger partial charge in [0, 0.05) is 27.2 Å². The largest absolute Gasteiger partial charge is 0.309 e. The van der Waals surface area contributed by atoms with E-state index in [0.29, 0.717) is 11.5 Å². The van der Waals surface area contributed by atoms with E-state index >= 15 is 0 Å². The second kappa shape index (κ2) is 13.2. The summed E-state index contributed by atoms with van der Waals surface area (Å²) in [6.45, 7) is 31.6. The Kier molecular flexibility index (Phi) is 7.65. The molecule has 0 amide bonds. The smallest absolute Gasteiger partial charge is 0.0629 e. The van der Waals surface area contributed by atoms with Crippen molar-refractivity contribution in [3.63, 3.8) is 0 Å². The molecule has 292 valence electrons. The molecule has 0 bridgehead atoms. The van der Waals surface area contributed by atoms with Crippen molar-refractivity contribution < 1.29 is 6.85 Å². The van der Waals surface area contributed by atoms with Gasteiger partial charge >= 0.3 is 0 Å². The van der Waals surface area contributed by atoms with Crippen LogP contribution in [0.5, 0.6) is 0 Å². The molecule has 2 heteroatoms. The standard InChI is InChI=1S/C55H62N2/c1-34(2)36-23-25-44-42(29-36)43-33-37(52(3,4)5)24-26-45(43)57(44)48-28-27-47-50(51(48)55(12,13)14)49-41(35-19-16-15-17-20-35)21-18-22-46(49)56(47)40-31-38(53(6,7)8)30-39(32-40)54(9,10)11/h15-34H,1-14H3/i15D,16D,17D,19D,20D. The SMILES string of the molecule is [2H]c1c([2H])c([2H])c(-c2cccc3c2c2c(C(C)(C)C)c(-n4c5ccc(C(C)C)cc5c5cc(C(C)(C)C)ccc54)ccc2n3-c2cc(C(C)(C)C)cc(C(C)(C)C)c2)c([2H])c1[2H]. The van der Waals surface area contributed by atoms with E-state index in [1.165, 1.54) is 33.0 Å². The molecule has 2 aromatic heterocycles. The monoisotopic (exact) mass is 756 g/mol. The summed E-state index contributed by atoms with van der Waals surface area (Å²) in [5, 5.41) is 4.30. The maximum Gasteiger partial charge on any atom is 0.0629 e. The summed E-state index contributed by atoms with van der Waals surface area (Å²) in [7, 11) is 0. The van der Waals surface area contributed by atoms with Gasteiger partial charge in [0.25, 0.3) is 0 Å². The summed E-state index contributed by atoms with van der Waals surface area (Å²) in [4.78, 5) is 0. The van der Waals surface area contributed by atoms with Crippen molar-refractivity contribution in [2.45, 2.75) is 125 Å². The van der Waals surface area contributed by atoms with Crippen molar-refractivity contribution in [2.75, 3.05) is 0 Å². The minimum absolute atomic E-state index is 0.0352. The Morgan fingerprint density at radius 1 is 0.491 bits per heavy atom. The second-order valence-corrected chi connectivity index (χ2v) is 20.7. The molecule has 0 N–H and O–H groups in total. The van der Waals surface area contributed by atoms with Crippen LogP contribution < -0.4 is 0 Å². The Balaban J connectivity index is 1.63. The highest BCUT2D eigenvalue weighted by atomic mass is 15.0. The lowest BCUT2D eigenvalue weighted by atomic mass is 9.80. The zero-order valence-corrected chi connectivity index (χ0v) is 36.6. The van der Waals surface area contributed by atoms with Crippen molar-refractivity contribution in [3.05, 3.63) is 143 Å². The van der Waals surface area contributed by atoms with Crippen LogP contribution in [0.2, 0.25) is 0 Å². The van der Waals surface area contributed by atoms with Gasteiger partial charge in [0.1, 0.15) is 0 Å². The lowest BCUT2D eigenvalue weighted by Gasteiger charge is -2.27. The predicted octanol–water partition coefficient (Wildman–Crippen LogP) is 15.9. The van der Waals surface area contributed by atoms with Crippen molar-refractivity contribution in [1.29, 1.82) is 0 Å². The van der Waals surface area contributed by atoms with Gasteiger partial charge in [-0.25, -0.2) is 0 Å². The molecule has 2 nitrogen and oxygen atoms in total. The number of fused-ring (bicyclic) bond motifs is 6. The van der Waals surface area contributed by atoms with E-state index in [1.807, 2.05) is 12.1 Å². The molecule has 0 radical (unpaired) electrons. The van der Waals surface area contributed by atoms with Gasteiger partial charge in [-0.2, -0.15) is 0 Å². The lowest BCUT2D eigenvalue weighted by molar-refractivity contribution is 0.568. The summed E-state index contributed by atoms with van der Waals surface area (Å²) in [5.74, 6) is 0.367. The molecule has 8 rings (SSSR count). The second-order valence-electron chi connectivity index (χ2n) is 20.7. The molecule has 6 aromatic carbocycles. The Morgan fingerprint density at radius 3 is 1.63 bits per heavy atom. The van der Waals surface area contributed by atoms with E-state index in [4.69, 9.17) is 4.11 Å². The van der Waals surface area contributed by atoms with E-state index in [1.54, 1.807) is 0 Å². The first-order valence-corrected chi connectivity index (χ1v) is 20.6. The van der Waals surface area contributed by atoms with Gasteiger partial charge in [-0.05, 0) is 121 Å². The normalized spacial score (nSPS) is 14.5. The molecule has 0 saturated carbocycles. The van der Waals surface area contributed by atoms with Gasteiger partial charge in [-0.15, -0.1) is 0 Å². The Hall–Kier alpha value is -5.08. The molecule has 2 heterocycles. The van der Waals surface area contributed by atoms with Crippen molar-refractivity contribution in [1.82, 2.24) is 9.13 Å². The number of nitrogens with zero attached hydrogens (tertiary/aromatic N) is 2. The van der Waals surface area contributed by atoms with Crippen LogP contribution in [-0.4, -0.2) is 9.13 Å². The Morgan fingerprint density at radius 2 is 1.05 bits per heavy atom. The van der Waals surface area contributed by atoms with Crippen LogP contribution >= 0.6 is 0 Å². The summed E-state index contributed by atoms with van der Waals surface area (Å²) in [6.07, 6.45) is 0. The average Bonchev–Trinajstić information content (AvgIpc) is 3.70. The highest BCUT2D eigenvalue weighted by molar-refractivity contribution is 6.19. The van der Waals surface area contributed by atoms with Gasteiger partial charge in [0.15, 0.2) is 0 Å². The predicted molar refractivity (Wildman–Crippen MR) is 249 cm³/mol. The number of hydrogen-bond acceptors (Lipinski definition) is 0. The zero-order chi connectivity index (χ0) is 45.3. The van der Waals surface area contributed by atoms with Crippen LogP contribution in [0.15, 0.2) is 115 Å². The molecule has 0 spiro atoms. The minimum Gasteiger partial charge on any atom is -0.309 e. The molecule has 0 atom stereocenters. The quantitative estimate of drug-likeness (QED) is 0.169. The highest BCUT2D eigenvalue weighted by Gasteiger charge is 2.30. The van der Waals surface area contributed by atoms with Crippen molar-refractivity contribution >= 4 is 43.6 Å². The van der Waals surface area contributed by atoms with Crippen LogP contribution in [0.25, 0.3) is 66.1 Å². The first-order chi connectivity index (χ1) is 28.7. The van der Waals surface area contributed by atoms with Gasteiger partial charge < -0.3 is 9.13 Å². The van der Waals surface area contributed by atoms with Gasteiger partial charge in [-0.1, -0.05) is 157 Å². The molecular weight excluding hydrogens is 689 g/mol. The molecule has 0 aliphatic carbocycles. The van der Waals surface area contributed by atoms with Crippen LogP contribution in [0.1, 0.15) is 138 Å². The molecule has 0 aliphatic rings. The molecular formula is C55H62N2. The summed E-state index contributed by atoms with van der Waals surface area (Å²) >= 11 is 0. The average molecular weight is 756 g/mol. The molecule has 0 unspecified atom stereocenters. The van der Waals surface area contributed by atoms with Crippen LogP contribution in [0.3, 0.4) is 0 Å². The molecule has 0 saturated heterocycles. The van der Waals surface area contributed by atoms with E-state index in [-0.39, 0.29) is 46.0 Å². The fourth-order valence-electron chi connectivity index (χ4n) is 8.69. The zero-order valence-electron chi connectivity index (χ0n) is 41.6. The minimum atomic E-state index is -0.420. The Labute approximate surface area is 348 Å². The molecule has 57 heavy (non-hydrogen) atoms. The van der Waals surface area contributed by atoms with Crippen molar-refractivity contribution in [2.24, 2.45) is 0 Å². The van der Waals surface area contributed by atoms with Gasteiger partial charge in [0.2, 0.25) is 0 Å². The fraction of sp³-hybridized carbons (Fsp3) is 0.345. The van der Waals surface area contributed by atoms with Gasteiger partial charge in [0.05, 0.1) is 34.6 Å². The van der Waals surface area contributed by atoms with Crippen molar-refractivity contribution in [3.8, 4) is 22.5 Å². The van der Waals surface area contributed by atoms with Gasteiger partial charge in [-0.3, -0.25) is 0 Å². The summed E-state index contributed by atoms with van der Waals surface area (Å²) in [5.41, 5.74) is 12.5. The number of rotatable bonds is 4. The fourth-order valence-corrected chi connectivity index (χ4v) is 8.69. The third-order valence-corrected chi connectivity index (χ3v) is 11.9. The maximum absolute atomic E-state index is 9.26. The van der Waals surface area contributed by atoms with Crippen LogP contribution in [-0.2, 0) is 21.7 Å². The van der Waals surface area contributed by atoms with E-state index in [9.17, 15) is 2.74 Å². The number of hydrogen-bond donors (Lipinski definition) is 0. The molecule has 0 aliphatic heterocycles. The topological polar surface area (TPSA) is 9.86 Å². The summed E-state index contributed by atoms with van der Waals surface area (Å²) < 4.78 is 49.3. The molecule has 8 aromatic rings. The first-order valence-electron chi connectivity index (χ1n) is 23.1. The lowest BCUT2D eigenvalue weighted by Crippen LogP contribution is -2.17.